The maximum atomic E-state index is 16.2. The van der Waals surface area contributed by atoms with Crippen LogP contribution in [0.3, 0.4) is 0 Å². The van der Waals surface area contributed by atoms with Crippen LogP contribution in [0.5, 0.6) is 5.75 Å². The van der Waals surface area contributed by atoms with Gasteiger partial charge in [0.2, 0.25) is 0 Å². The number of methoxy groups -OCH3 is 1. The van der Waals surface area contributed by atoms with Crippen LogP contribution in [0.4, 0.5) is 4.39 Å². The van der Waals surface area contributed by atoms with Crippen LogP contribution in [0.2, 0.25) is 0 Å². The Balaban J connectivity index is 1.78. The van der Waals surface area contributed by atoms with Crippen LogP contribution in [0.25, 0.3) is 32.4 Å². The van der Waals surface area contributed by atoms with E-state index in [1.807, 2.05) is 18.2 Å². The number of ether oxygens (including phenoxy) is 1. The first kappa shape index (κ1) is 17.0. The van der Waals surface area contributed by atoms with E-state index in [1.54, 1.807) is 25.4 Å². The second-order valence-electron chi connectivity index (χ2n) is 7.98. The summed E-state index contributed by atoms with van der Waals surface area (Å²) in [7, 11) is 1.68. The highest BCUT2D eigenvalue weighted by molar-refractivity contribution is 7.19. The van der Waals surface area contributed by atoms with Gasteiger partial charge in [-0.2, -0.15) is 0 Å². The molecule has 0 radical (unpaired) electrons. The maximum absolute atomic E-state index is 16.2. The van der Waals surface area contributed by atoms with Gasteiger partial charge in [0.25, 0.3) is 0 Å². The maximum Gasteiger partial charge on any atom is 0.139 e. The lowest BCUT2D eigenvalue weighted by molar-refractivity contribution is 0.281. The molecule has 0 fully saturated rings. The number of allylic oxidation sites excluding steroid dienone is 1. The molecule has 1 aromatic heterocycles. The van der Waals surface area contributed by atoms with E-state index in [0.29, 0.717) is 6.42 Å². The van der Waals surface area contributed by atoms with Gasteiger partial charge >= 0.3 is 0 Å². The first-order valence-corrected chi connectivity index (χ1v) is 10.6. The Morgan fingerprint density at radius 2 is 1.62 bits per heavy atom. The summed E-state index contributed by atoms with van der Waals surface area (Å²) in [6.07, 6.45) is 0.433. The lowest BCUT2D eigenvalue weighted by atomic mass is 9.87. The predicted molar refractivity (Wildman–Crippen MR) is 119 cm³/mol. The van der Waals surface area contributed by atoms with Gasteiger partial charge in [-0.15, -0.1) is 11.3 Å². The Kier molecular flexibility index (Phi) is 3.40. The molecule has 1 heterocycles. The number of rotatable bonds is 1. The van der Waals surface area contributed by atoms with Gasteiger partial charge in [0.1, 0.15) is 11.4 Å². The molecule has 142 valence electrons. The summed E-state index contributed by atoms with van der Waals surface area (Å²) in [6.45, 7) is 1.73. The van der Waals surface area contributed by atoms with E-state index in [0.717, 1.165) is 55.0 Å². The van der Waals surface area contributed by atoms with Gasteiger partial charge in [-0.25, -0.2) is 4.39 Å². The smallest absolute Gasteiger partial charge is 0.139 e. The van der Waals surface area contributed by atoms with Gasteiger partial charge in [0.15, 0.2) is 0 Å². The number of hydrogen-bond acceptors (Lipinski definition) is 2. The molecular formula is C26H19FOS. The summed E-state index contributed by atoms with van der Waals surface area (Å²) < 4.78 is 22.9. The van der Waals surface area contributed by atoms with Crippen molar-refractivity contribution < 1.29 is 9.13 Å². The minimum atomic E-state index is -1.40. The average Bonchev–Trinajstić information content (AvgIpc) is 3.32. The monoisotopic (exact) mass is 398 g/mol. The third-order valence-corrected chi connectivity index (χ3v) is 7.34. The lowest BCUT2D eigenvalue weighted by Crippen LogP contribution is -2.18. The molecule has 0 amide bonds. The standard InChI is InChI=1S/C26H19FOS/c1-26(27)14-22-24(19-9-5-6-10-21(19)29-22)25(26)23-18-8-4-3-7-16(18)17-12-11-15(28-2)13-20(17)23/h3-13H,14H2,1-2H3/b25-23-/t26-/m0/s1. The number of hydrogen-bond donors (Lipinski definition) is 0. The minimum Gasteiger partial charge on any atom is -0.497 e. The molecule has 1 nitrogen and oxygen atoms in total. The van der Waals surface area contributed by atoms with Crippen molar-refractivity contribution >= 4 is 32.6 Å². The van der Waals surface area contributed by atoms with Gasteiger partial charge in [0, 0.05) is 32.5 Å². The third-order valence-electron chi connectivity index (χ3n) is 6.16. The van der Waals surface area contributed by atoms with Gasteiger partial charge in [-0.05, 0) is 52.9 Å². The van der Waals surface area contributed by atoms with Crippen molar-refractivity contribution in [2.24, 2.45) is 0 Å². The van der Waals surface area contributed by atoms with Crippen molar-refractivity contribution in [1.82, 2.24) is 0 Å². The molecule has 0 aliphatic heterocycles. The molecule has 0 spiro atoms. The molecule has 1 atom stereocenters. The van der Waals surface area contributed by atoms with E-state index < -0.39 is 5.67 Å². The average molecular weight is 399 g/mol. The van der Waals surface area contributed by atoms with Crippen LogP contribution in [0.1, 0.15) is 28.5 Å². The first-order valence-electron chi connectivity index (χ1n) is 9.81. The van der Waals surface area contributed by atoms with Crippen molar-refractivity contribution in [1.29, 1.82) is 0 Å². The van der Waals surface area contributed by atoms with E-state index in [4.69, 9.17) is 4.74 Å². The van der Waals surface area contributed by atoms with E-state index in [1.165, 1.54) is 4.70 Å². The highest BCUT2D eigenvalue weighted by Crippen LogP contribution is 2.57. The molecule has 3 aromatic carbocycles. The summed E-state index contributed by atoms with van der Waals surface area (Å²) in [5.41, 5.74) is 6.01. The number of fused-ring (bicyclic) bond motifs is 6. The summed E-state index contributed by atoms with van der Waals surface area (Å²) in [5, 5.41) is 1.16. The zero-order chi connectivity index (χ0) is 19.8. The number of benzene rings is 3. The van der Waals surface area contributed by atoms with Crippen molar-refractivity contribution in [3.05, 3.63) is 88.3 Å². The van der Waals surface area contributed by atoms with Crippen LogP contribution >= 0.6 is 11.3 Å². The van der Waals surface area contributed by atoms with E-state index in [2.05, 4.69) is 48.5 Å². The zero-order valence-corrected chi connectivity index (χ0v) is 17.1. The summed E-state index contributed by atoms with van der Waals surface area (Å²) >= 11 is 1.72. The number of alkyl halides is 1. The van der Waals surface area contributed by atoms with E-state index >= 15 is 4.39 Å². The van der Waals surface area contributed by atoms with Crippen LogP contribution in [-0.4, -0.2) is 12.8 Å². The molecule has 2 aliphatic carbocycles. The Labute approximate surface area is 173 Å². The minimum absolute atomic E-state index is 0.433. The molecule has 0 saturated heterocycles. The van der Waals surface area contributed by atoms with Gasteiger partial charge in [-0.1, -0.05) is 48.5 Å². The third kappa shape index (κ3) is 2.25. The van der Waals surface area contributed by atoms with Crippen LogP contribution in [-0.2, 0) is 6.42 Å². The van der Waals surface area contributed by atoms with Gasteiger partial charge < -0.3 is 4.74 Å². The highest BCUT2D eigenvalue weighted by Gasteiger charge is 2.44. The molecule has 3 heteroatoms. The lowest BCUT2D eigenvalue weighted by Gasteiger charge is -2.20. The largest absolute Gasteiger partial charge is 0.497 e. The Morgan fingerprint density at radius 3 is 2.45 bits per heavy atom. The second kappa shape index (κ2) is 5.80. The van der Waals surface area contributed by atoms with Crippen LogP contribution in [0.15, 0.2) is 66.7 Å². The Hall–Kier alpha value is -2.91. The van der Waals surface area contributed by atoms with Crippen molar-refractivity contribution in [2.75, 3.05) is 7.11 Å². The molecule has 2 aliphatic rings. The first-order chi connectivity index (χ1) is 14.1. The van der Waals surface area contributed by atoms with Crippen molar-refractivity contribution in [3.8, 4) is 16.9 Å². The van der Waals surface area contributed by atoms with Gasteiger partial charge in [0.05, 0.1) is 7.11 Å². The number of thiophene rings is 1. The van der Waals surface area contributed by atoms with E-state index in [-0.39, 0.29) is 0 Å². The Morgan fingerprint density at radius 1 is 0.897 bits per heavy atom. The molecule has 0 N–H and O–H groups in total. The quantitative estimate of drug-likeness (QED) is 0.292. The molecule has 6 rings (SSSR count). The molecule has 0 saturated carbocycles. The fourth-order valence-corrected chi connectivity index (χ4v) is 6.32. The predicted octanol–water partition coefficient (Wildman–Crippen LogP) is 7.13. The second-order valence-corrected chi connectivity index (χ2v) is 9.11. The van der Waals surface area contributed by atoms with Crippen molar-refractivity contribution in [2.45, 2.75) is 19.0 Å². The molecule has 0 unspecified atom stereocenters. The molecule has 4 aromatic rings. The summed E-state index contributed by atoms with van der Waals surface area (Å²) in [4.78, 5) is 1.15. The van der Waals surface area contributed by atoms with Gasteiger partial charge in [-0.3, -0.25) is 0 Å². The summed E-state index contributed by atoms with van der Waals surface area (Å²) in [5.74, 6) is 0.795. The normalized spacial score (nSPS) is 21.9. The SMILES string of the molecule is COc1ccc2c(c1)/C(=C1/c3c(sc4ccccc34)C[C@]1(C)F)c1ccccc1-2. The highest BCUT2D eigenvalue weighted by atomic mass is 32.1. The fourth-order valence-electron chi connectivity index (χ4n) is 4.97. The summed E-state index contributed by atoms with van der Waals surface area (Å²) in [6, 6.07) is 22.8. The molecule has 0 bridgehead atoms. The number of halogens is 1. The van der Waals surface area contributed by atoms with Crippen LogP contribution in [0, 0.1) is 0 Å². The van der Waals surface area contributed by atoms with Crippen molar-refractivity contribution in [3.63, 3.8) is 0 Å². The topological polar surface area (TPSA) is 9.23 Å². The molecule has 29 heavy (non-hydrogen) atoms. The zero-order valence-electron chi connectivity index (χ0n) is 16.3. The fraction of sp³-hybridized carbons (Fsp3) is 0.154. The molecular weight excluding hydrogens is 379 g/mol. The van der Waals surface area contributed by atoms with Crippen LogP contribution < -0.4 is 4.74 Å². The van der Waals surface area contributed by atoms with E-state index in [9.17, 15) is 0 Å². The Bertz CT molecular complexity index is 1340.